The van der Waals surface area contributed by atoms with Crippen LogP contribution in [0.2, 0.25) is 5.15 Å². The van der Waals surface area contributed by atoms with Gasteiger partial charge in [-0.1, -0.05) is 11.6 Å². The maximum absolute atomic E-state index is 11.5. The standard InChI is InChI=1S/C10H14ClN3O2S/c1-7-6-17(15,16)3-2-14(7)10-5-8(12)4-9(11)13-10/h4-5,7H,2-3,6H2,1H3,(H2,12,13). The zero-order valence-corrected chi connectivity index (χ0v) is 11.0. The summed E-state index contributed by atoms with van der Waals surface area (Å²) in [6, 6.07) is 3.16. The molecule has 0 saturated carbocycles. The molecule has 1 fully saturated rings. The molecule has 0 radical (unpaired) electrons. The molecule has 1 saturated heterocycles. The third-order valence-electron chi connectivity index (χ3n) is 2.77. The minimum Gasteiger partial charge on any atom is -0.399 e. The van der Waals surface area contributed by atoms with E-state index < -0.39 is 9.84 Å². The fourth-order valence-corrected chi connectivity index (χ4v) is 3.76. The van der Waals surface area contributed by atoms with Gasteiger partial charge in [0.15, 0.2) is 9.84 Å². The number of nitrogens with two attached hydrogens (primary N) is 1. The van der Waals surface area contributed by atoms with Crippen LogP contribution in [0, 0.1) is 0 Å². The van der Waals surface area contributed by atoms with Gasteiger partial charge in [-0.2, -0.15) is 0 Å². The summed E-state index contributed by atoms with van der Waals surface area (Å²) in [6.07, 6.45) is 0. The van der Waals surface area contributed by atoms with E-state index in [0.29, 0.717) is 23.2 Å². The number of hydrogen-bond donors (Lipinski definition) is 1. The predicted molar refractivity (Wildman–Crippen MR) is 69.1 cm³/mol. The van der Waals surface area contributed by atoms with Crippen molar-refractivity contribution >= 4 is 32.9 Å². The predicted octanol–water partition coefficient (Wildman–Crippen LogP) is 0.940. The number of rotatable bonds is 1. The second-order valence-electron chi connectivity index (χ2n) is 4.24. The first-order valence-electron chi connectivity index (χ1n) is 5.27. The Morgan fingerprint density at radius 2 is 2.24 bits per heavy atom. The van der Waals surface area contributed by atoms with Crippen molar-refractivity contribution in [2.24, 2.45) is 0 Å². The Hall–Kier alpha value is -1.01. The van der Waals surface area contributed by atoms with Crippen LogP contribution in [0.15, 0.2) is 12.1 Å². The summed E-state index contributed by atoms with van der Waals surface area (Å²) in [5.41, 5.74) is 6.22. The van der Waals surface area contributed by atoms with Gasteiger partial charge >= 0.3 is 0 Å². The van der Waals surface area contributed by atoms with Gasteiger partial charge in [0.25, 0.3) is 0 Å². The number of hydrogen-bond acceptors (Lipinski definition) is 5. The molecular weight excluding hydrogens is 262 g/mol. The first kappa shape index (κ1) is 12.4. The number of halogens is 1. The SMILES string of the molecule is CC1CS(=O)(=O)CCN1c1cc(N)cc(Cl)n1. The Kier molecular flexibility index (Phi) is 3.18. The van der Waals surface area contributed by atoms with Crippen LogP contribution in [0.5, 0.6) is 0 Å². The molecule has 0 amide bonds. The van der Waals surface area contributed by atoms with E-state index in [1.165, 1.54) is 0 Å². The highest BCUT2D eigenvalue weighted by atomic mass is 35.5. The van der Waals surface area contributed by atoms with Crippen LogP contribution in [0.4, 0.5) is 11.5 Å². The summed E-state index contributed by atoms with van der Waals surface area (Å²) in [6.45, 7) is 2.28. The lowest BCUT2D eigenvalue weighted by atomic mass is 10.3. The van der Waals surface area contributed by atoms with E-state index >= 15 is 0 Å². The number of nitrogen functional groups attached to an aromatic ring is 1. The summed E-state index contributed by atoms with van der Waals surface area (Å²) in [4.78, 5) is 6.09. The largest absolute Gasteiger partial charge is 0.399 e. The summed E-state index contributed by atoms with van der Waals surface area (Å²) >= 11 is 5.84. The number of anilines is 2. The Balaban J connectivity index is 2.29. The molecule has 1 unspecified atom stereocenters. The fraction of sp³-hybridized carbons (Fsp3) is 0.500. The Morgan fingerprint density at radius 1 is 1.53 bits per heavy atom. The van der Waals surface area contributed by atoms with Crippen LogP contribution in [-0.2, 0) is 9.84 Å². The zero-order chi connectivity index (χ0) is 12.6. The van der Waals surface area contributed by atoms with Gasteiger partial charge in [0.2, 0.25) is 0 Å². The number of pyridine rings is 1. The van der Waals surface area contributed by atoms with Crippen molar-refractivity contribution in [1.29, 1.82) is 0 Å². The molecule has 0 bridgehead atoms. The molecular formula is C10H14ClN3O2S. The minimum absolute atomic E-state index is 0.112. The van der Waals surface area contributed by atoms with Crippen molar-refractivity contribution < 1.29 is 8.42 Å². The highest BCUT2D eigenvalue weighted by Gasteiger charge is 2.29. The van der Waals surface area contributed by atoms with Crippen molar-refractivity contribution in [3.05, 3.63) is 17.3 Å². The summed E-state index contributed by atoms with van der Waals surface area (Å²) in [7, 11) is -2.93. The van der Waals surface area contributed by atoms with Gasteiger partial charge < -0.3 is 10.6 Å². The van der Waals surface area contributed by atoms with E-state index in [-0.39, 0.29) is 17.5 Å². The molecule has 2 N–H and O–H groups in total. The lowest BCUT2D eigenvalue weighted by Gasteiger charge is -2.34. The second kappa shape index (κ2) is 4.34. The third kappa shape index (κ3) is 2.81. The fourth-order valence-electron chi connectivity index (χ4n) is 1.99. The topological polar surface area (TPSA) is 76.3 Å². The van der Waals surface area contributed by atoms with E-state index in [4.69, 9.17) is 17.3 Å². The molecule has 0 aromatic carbocycles. The van der Waals surface area contributed by atoms with Crippen LogP contribution >= 0.6 is 11.6 Å². The molecule has 1 aromatic heterocycles. The van der Waals surface area contributed by atoms with E-state index in [9.17, 15) is 8.42 Å². The number of nitrogens with zero attached hydrogens (tertiary/aromatic N) is 2. The third-order valence-corrected chi connectivity index (χ3v) is 4.76. The van der Waals surface area contributed by atoms with E-state index in [1.54, 1.807) is 12.1 Å². The lowest BCUT2D eigenvalue weighted by Crippen LogP contribution is -2.47. The van der Waals surface area contributed by atoms with Crippen LogP contribution in [-0.4, -0.2) is 37.5 Å². The maximum Gasteiger partial charge on any atom is 0.154 e. The van der Waals surface area contributed by atoms with E-state index in [1.807, 2.05) is 11.8 Å². The zero-order valence-electron chi connectivity index (χ0n) is 9.43. The summed E-state index contributed by atoms with van der Waals surface area (Å²) in [5, 5.41) is 0.320. The monoisotopic (exact) mass is 275 g/mol. The van der Waals surface area contributed by atoms with Gasteiger partial charge in [-0.05, 0) is 13.0 Å². The molecule has 0 spiro atoms. The highest BCUT2D eigenvalue weighted by Crippen LogP contribution is 2.23. The Labute approximate surface area is 105 Å². The number of aromatic nitrogens is 1. The molecule has 0 aliphatic carbocycles. The molecule has 1 aliphatic rings. The second-order valence-corrected chi connectivity index (χ2v) is 6.85. The normalized spacial score (nSPS) is 23.6. The Morgan fingerprint density at radius 3 is 2.82 bits per heavy atom. The molecule has 94 valence electrons. The van der Waals surface area contributed by atoms with Gasteiger partial charge in [-0.25, -0.2) is 13.4 Å². The van der Waals surface area contributed by atoms with Crippen molar-refractivity contribution in [3.63, 3.8) is 0 Å². The highest BCUT2D eigenvalue weighted by molar-refractivity contribution is 7.91. The van der Waals surface area contributed by atoms with Crippen molar-refractivity contribution in [2.75, 3.05) is 28.7 Å². The smallest absolute Gasteiger partial charge is 0.154 e. The van der Waals surface area contributed by atoms with Gasteiger partial charge in [-0.15, -0.1) is 0 Å². The van der Waals surface area contributed by atoms with E-state index in [0.717, 1.165) is 0 Å². The van der Waals surface area contributed by atoms with Crippen molar-refractivity contribution in [3.8, 4) is 0 Å². The Bertz CT molecular complexity index is 512. The van der Waals surface area contributed by atoms with Gasteiger partial charge in [-0.3, -0.25) is 0 Å². The van der Waals surface area contributed by atoms with Crippen LogP contribution in [0.3, 0.4) is 0 Å². The molecule has 2 heterocycles. The molecule has 1 aromatic rings. The van der Waals surface area contributed by atoms with Gasteiger partial charge in [0.1, 0.15) is 11.0 Å². The summed E-state index contributed by atoms with van der Waals surface area (Å²) < 4.78 is 22.9. The average Bonchev–Trinajstić information content (AvgIpc) is 2.13. The quantitative estimate of drug-likeness (QED) is 0.772. The van der Waals surface area contributed by atoms with Crippen molar-refractivity contribution in [2.45, 2.75) is 13.0 Å². The maximum atomic E-state index is 11.5. The minimum atomic E-state index is -2.93. The molecule has 5 nitrogen and oxygen atoms in total. The molecule has 1 atom stereocenters. The van der Waals surface area contributed by atoms with Crippen LogP contribution < -0.4 is 10.6 Å². The molecule has 1 aliphatic heterocycles. The molecule has 17 heavy (non-hydrogen) atoms. The summed E-state index contributed by atoms with van der Waals surface area (Å²) in [5.74, 6) is 0.921. The molecule has 2 rings (SSSR count). The first-order valence-corrected chi connectivity index (χ1v) is 7.47. The van der Waals surface area contributed by atoms with Gasteiger partial charge in [0.05, 0.1) is 11.5 Å². The number of sulfone groups is 1. The first-order chi connectivity index (χ1) is 7.87. The van der Waals surface area contributed by atoms with E-state index in [2.05, 4.69) is 4.98 Å². The lowest BCUT2D eigenvalue weighted by molar-refractivity contribution is 0.567. The average molecular weight is 276 g/mol. The molecule has 7 heteroatoms. The van der Waals surface area contributed by atoms with Crippen LogP contribution in [0.1, 0.15) is 6.92 Å². The van der Waals surface area contributed by atoms with Gasteiger partial charge in [0, 0.05) is 24.3 Å². The van der Waals surface area contributed by atoms with Crippen molar-refractivity contribution in [1.82, 2.24) is 4.98 Å². The van der Waals surface area contributed by atoms with Crippen LogP contribution in [0.25, 0.3) is 0 Å².